The summed E-state index contributed by atoms with van der Waals surface area (Å²) in [5.41, 5.74) is 0.873. The molecule has 3 rings (SSSR count). The molecular weight excluding hydrogens is 418 g/mol. The van der Waals surface area contributed by atoms with Crippen LogP contribution in [-0.2, 0) is 4.79 Å². The summed E-state index contributed by atoms with van der Waals surface area (Å²) in [6, 6.07) is 11.3. The van der Waals surface area contributed by atoms with Crippen molar-refractivity contribution < 1.29 is 33.1 Å². The Bertz CT molecular complexity index is 1070. The molecule has 0 aliphatic rings. The molecule has 0 aliphatic carbocycles. The molecule has 0 aliphatic heterocycles. The van der Waals surface area contributed by atoms with E-state index in [1.807, 2.05) is 0 Å². The molecule has 0 saturated carbocycles. The summed E-state index contributed by atoms with van der Waals surface area (Å²) < 4.78 is 26.1. The van der Waals surface area contributed by atoms with Crippen molar-refractivity contribution in [2.45, 2.75) is 6.92 Å². The van der Waals surface area contributed by atoms with Crippen LogP contribution in [-0.4, -0.2) is 44.9 Å². The summed E-state index contributed by atoms with van der Waals surface area (Å²) in [5.74, 6) is 1.78. The topological polar surface area (TPSA) is 121 Å². The van der Waals surface area contributed by atoms with Crippen molar-refractivity contribution in [2.24, 2.45) is 0 Å². The van der Waals surface area contributed by atoms with E-state index in [0.717, 1.165) is 0 Å². The van der Waals surface area contributed by atoms with Gasteiger partial charge in [-0.15, -0.1) is 0 Å². The number of rotatable bonds is 9. The molecule has 0 radical (unpaired) electrons. The fraction of sp³-hybridized carbons (Fsp3) is 0.227. The van der Waals surface area contributed by atoms with E-state index in [-0.39, 0.29) is 18.4 Å². The zero-order chi connectivity index (χ0) is 23.1. The minimum atomic E-state index is -0.377. The van der Waals surface area contributed by atoms with Gasteiger partial charge in [0, 0.05) is 17.3 Å². The van der Waals surface area contributed by atoms with Gasteiger partial charge in [-0.1, -0.05) is 5.16 Å². The second kappa shape index (κ2) is 10.2. The highest BCUT2D eigenvalue weighted by atomic mass is 16.5. The van der Waals surface area contributed by atoms with Gasteiger partial charge in [0.05, 0.1) is 21.3 Å². The molecule has 2 aromatic carbocycles. The van der Waals surface area contributed by atoms with E-state index in [0.29, 0.717) is 45.8 Å². The molecule has 2 amide bonds. The summed E-state index contributed by atoms with van der Waals surface area (Å²) in [5, 5.41) is 9.02. The molecule has 1 heterocycles. The fourth-order valence-corrected chi connectivity index (χ4v) is 2.80. The van der Waals surface area contributed by atoms with Gasteiger partial charge in [-0.3, -0.25) is 9.59 Å². The number of aryl methyl sites for hydroxylation is 1. The molecule has 0 saturated heterocycles. The van der Waals surface area contributed by atoms with E-state index in [9.17, 15) is 9.59 Å². The Kier molecular flexibility index (Phi) is 7.17. The van der Waals surface area contributed by atoms with E-state index < -0.39 is 0 Å². The standard InChI is InChI=1S/C22H23N3O7/c1-13-9-19(25-32-13)24-20(26)12-31-16-7-5-15(6-8-16)23-22(27)14-10-17(28-2)21(30-4)18(11-14)29-3/h5-11H,12H2,1-4H3,(H,23,27)(H,24,25,26). The van der Waals surface area contributed by atoms with Gasteiger partial charge in [0.1, 0.15) is 11.5 Å². The number of carbonyl (C=O) groups is 2. The lowest BCUT2D eigenvalue weighted by molar-refractivity contribution is -0.118. The average Bonchev–Trinajstić information content (AvgIpc) is 3.21. The van der Waals surface area contributed by atoms with Crippen molar-refractivity contribution in [3.63, 3.8) is 0 Å². The first kappa shape index (κ1) is 22.5. The van der Waals surface area contributed by atoms with Crippen LogP contribution in [0.5, 0.6) is 23.0 Å². The molecule has 0 spiro atoms. The number of anilines is 2. The number of amides is 2. The highest BCUT2D eigenvalue weighted by molar-refractivity contribution is 6.05. The molecule has 2 N–H and O–H groups in total. The summed E-state index contributed by atoms with van der Waals surface area (Å²) in [4.78, 5) is 24.6. The van der Waals surface area contributed by atoms with Gasteiger partial charge in [-0.2, -0.15) is 0 Å². The molecule has 10 nitrogen and oxygen atoms in total. The Labute approximate surface area is 184 Å². The van der Waals surface area contributed by atoms with Gasteiger partial charge < -0.3 is 34.1 Å². The molecule has 0 unspecified atom stereocenters. The summed E-state index contributed by atoms with van der Waals surface area (Å²) >= 11 is 0. The Balaban J connectivity index is 1.59. The minimum absolute atomic E-state index is 0.205. The first-order valence-electron chi connectivity index (χ1n) is 9.51. The van der Waals surface area contributed by atoms with Crippen molar-refractivity contribution >= 4 is 23.3 Å². The maximum absolute atomic E-state index is 12.7. The number of aromatic nitrogens is 1. The van der Waals surface area contributed by atoms with E-state index in [1.54, 1.807) is 49.4 Å². The van der Waals surface area contributed by atoms with Crippen LogP contribution in [0, 0.1) is 6.92 Å². The zero-order valence-corrected chi connectivity index (χ0v) is 18.1. The molecule has 32 heavy (non-hydrogen) atoms. The summed E-state index contributed by atoms with van der Waals surface area (Å²) in [7, 11) is 4.44. The van der Waals surface area contributed by atoms with Crippen molar-refractivity contribution in [2.75, 3.05) is 38.6 Å². The smallest absolute Gasteiger partial charge is 0.263 e. The van der Waals surface area contributed by atoms with E-state index in [2.05, 4.69) is 15.8 Å². The largest absolute Gasteiger partial charge is 0.493 e. The third-order valence-corrected chi connectivity index (χ3v) is 4.30. The van der Waals surface area contributed by atoms with Crippen LogP contribution in [0.1, 0.15) is 16.1 Å². The molecule has 0 atom stereocenters. The lowest BCUT2D eigenvalue weighted by Crippen LogP contribution is -2.20. The Morgan fingerprint density at radius 3 is 2.12 bits per heavy atom. The number of hydrogen-bond acceptors (Lipinski definition) is 8. The Hall–Kier alpha value is -4.21. The SMILES string of the molecule is COc1cc(C(=O)Nc2ccc(OCC(=O)Nc3cc(C)on3)cc2)cc(OC)c1OC. The lowest BCUT2D eigenvalue weighted by Gasteiger charge is -2.14. The third-order valence-electron chi connectivity index (χ3n) is 4.30. The van der Waals surface area contributed by atoms with Crippen LogP contribution in [0.3, 0.4) is 0 Å². The van der Waals surface area contributed by atoms with E-state index in [4.69, 9.17) is 23.5 Å². The van der Waals surface area contributed by atoms with Crippen molar-refractivity contribution in [3.8, 4) is 23.0 Å². The van der Waals surface area contributed by atoms with Gasteiger partial charge in [-0.05, 0) is 43.3 Å². The van der Waals surface area contributed by atoms with Gasteiger partial charge in [-0.25, -0.2) is 0 Å². The first-order valence-corrected chi connectivity index (χ1v) is 9.51. The zero-order valence-electron chi connectivity index (χ0n) is 18.1. The average molecular weight is 441 g/mol. The maximum Gasteiger partial charge on any atom is 0.263 e. The Morgan fingerprint density at radius 1 is 0.938 bits per heavy atom. The molecule has 1 aromatic heterocycles. The van der Waals surface area contributed by atoms with Crippen LogP contribution in [0.15, 0.2) is 47.0 Å². The highest BCUT2D eigenvalue weighted by Crippen LogP contribution is 2.38. The third kappa shape index (κ3) is 5.48. The molecule has 0 bridgehead atoms. The van der Waals surface area contributed by atoms with Crippen molar-refractivity contribution in [1.82, 2.24) is 5.16 Å². The molecule has 3 aromatic rings. The summed E-state index contributed by atoms with van der Waals surface area (Å²) in [6.45, 7) is 1.52. The number of nitrogens with zero attached hydrogens (tertiary/aromatic N) is 1. The van der Waals surface area contributed by atoms with E-state index >= 15 is 0 Å². The van der Waals surface area contributed by atoms with Crippen molar-refractivity contribution in [3.05, 3.63) is 53.8 Å². The predicted molar refractivity (Wildman–Crippen MR) is 116 cm³/mol. The van der Waals surface area contributed by atoms with Gasteiger partial charge in [0.25, 0.3) is 11.8 Å². The quantitative estimate of drug-likeness (QED) is 0.519. The number of ether oxygens (including phenoxy) is 4. The Morgan fingerprint density at radius 2 is 1.59 bits per heavy atom. The molecule has 10 heteroatoms. The van der Waals surface area contributed by atoms with Crippen LogP contribution >= 0.6 is 0 Å². The van der Waals surface area contributed by atoms with Crippen LogP contribution in [0.4, 0.5) is 11.5 Å². The number of carbonyl (C=O) groups excluding carboxylic acids is 2. The van der Waals surface area contributed by atoms with Crippen LogP contribution < -0.4 is 29.6 Å². The molecule has 0 fully saturated rings. The maximum atomic E-state index is 12.7. The molecule has 168 valence electrons. The molecular formula is C22H23N3O7. The number of nitrogens with one attached hydrogen (secondary N) is 2. The van der Waals surface area contributed by atoms with Gasteiger partial charge in [0.15, 0.2) is 23.9 Å². The first-order chi connectivity index (χ1) is 15.4. The summed E-state index contributed by atoms with van der Waals surface area (Å²) in [6.07, 6.45) is 0. The number of benzene rings is 2. The van der Waals surface area contributed by atoms with Crippen molar-refractivity contribution in [1.29, 1.82) is 0 Å². The van der Waals surface area contributed by atoms with Crippen LogP contribution in [0.25, 0.3) is 0 Å². The monoisotopic (exact) mass is 441 g/mol. The highest BCUT2D eigenvalue weighted by Gasteiger charge is 2.17. The second-order valence-electron chi connectivity index (χ2n) is 6.55. The second-order valence-corrected chi connectivity index (χ2v) is 6.55. The normalized spacial score (nSPS) is 10.2. The van der Waals surface area contributed by atoms with Gasteiger partial charge >= 0.3 is 0 Å². The number of methoxy groups -OCH3 is 3. The minimum Gasteiger partial charge on any atom is -0.493 e. The van der Waals surface area contributed by atoms with E-state index in [1.165, 1.54) is 21.3 Å². The number of hydrogen-bond donors (Lipinski definition) is 2. The van der Waals surface area contributed by atoms with Gasteiger partial charge in [0.2, 0.25) is 5.75 Å². The lowest BCUT2D eigenvalue weighted by atomic mass is 10.1. The van der Waals surface area contributed by atoms with Crippen LogP contribution in [0.2, 0.25) is 0 Å². The fourth-order valence-electron chi connectivity index (χ4n) is 2.80. The predicted octanol–water partition coefficient (Wildman–Crippen LogP) is 3.28.